The van der Waals surface area contributed by atoms with Crippen molar-refractivity contribution < 1.29 is 22.4 Å². The molecule has 1 N–H and O–H groups in total. The number of carbonyl (C=O) groups is 2. The van der Waals surface area contributed by atoms with Crippen molar-refractivity contribution in [3.8, 4) is 0 Å². The second-order valence-corrected chi connectivity index (χ2v) is 10.1. The van der Waals surface area contributed by atoms with Crippen molar-refractivity contribution in [2.75, 3.05) is 26.2 Å². The fourth-order valence-electron chi connectivity index (χ4n) is 3.97. The van der Waals surface area contributed by atoms with Crippen molar-refractivity contribution in [1.29, 1.82) is 0 Å². The number of hydrogen-bond donors (Lipinski definition) is 1. The van der Waals surface area contributed by atoms with E-state index in [2.05, 4.69) is 5.32 Å². The summed E-state index contributed by atoms with van der Waals surface area (Å²) in [5.41, 5.74) is 1.63. The van der Waals surface area contributed by atoms with Crippen molar-refractivity contribution in [3.05, 3.63) is 95.9 Å². The van der Waals surface area contributed by atoms with E-state index < -0.39 is 22.0 Å². The summed E-state index contributed by atoms with van der Waals surface area (Å²) in [6, 6.07) is 20.8. The van der Waals surface area contributed by atoms with Gasteiger partial charge in [-0.15, -0.1) is 0 Å². The zero-order chi connectivity index (χ0) is 24.0. The van der Waals surface area contributed by atoms with E-state index >= 15 is 0 Å². The molecule has 9 heteroatoms. The molecule has 0 saturated carbocycles. The highest BCUT2D eigenvalue weighted by atomic mass is 32.2. The van der Waals surface area contributed by atoms with Gasteiger partial charge in [0.05, 0.1) is 12.0 Å². The Morgan fingerprint density at radius 3 is 2.06 bits per heavy atom. The summed E-state index contributed by atoms with van der Waals surface area (Å²) in [5.74, 6) is -0.660. The SMILES string of the molecule is O=C(N[C@@H](Cc1ccccc1)C(=O)N1CCN(S(=O)(=O)Cc2ccccc2)CC1)c1ccco1. The van der Waals surface area contributed by atoms with Crippen LogP contribution in [-0.4, -0.2) is 61.7 Å². The average molecular weight is 482 g/mol. The molecule has 8 nitrogen and oxygen atoms in total. The van der Waals surface area contributed by atoms with Crippen molar-refractivity contribution in [3.63, 3.8) is 0 Å². The number of nitrogens with zero attached hydrogens (tertiary/aromatic N) is 2. The first-order chi connectivity index (χ1) is 16.4. The molecule has 178 valence electrons. The molecule has 2 heterocycles. The zero-order valence-electron chi connectivity index (χ0n) is 18.7. The van der Waals surface area contributed by atoms with E-state index in [1.807, 2.05) is 48.5 Å². The molecular formula is C25H27N3O5S. The summed E-state index contributed by atoms with van der Waals surface area (Å²) in [7, 11) is -3.49. The molecule has 0 radical (unpaired) electrons. The largest absolute Gasteiger partial charge is 0.459 e. The van der Waals surface area contributed by atoms with E-state index in [1.54, 1.807) is 23.1 Å². The van der Waals surface area contributed by atoms with E-state index in [-0.39, 0.29) is 43.6 Å². The maximum absolute atomic E-state index is 13.4. The standard InChI is InChI=1S/C25H27N3O5S/c29-24(23-12-7-17-33-23)26-22(18-20-8-3-1-4-9-20)25(30)27-13-15-28(16-14-27)34(31,32)19-21-10-5-2-6-11-21/h1-12,17,22H,13-16,18-19H2,(H,26,29)/t22-/m0/s1. The molecule has 0 bridgehead atoms. The van der Waals surface area contributed by atoms with Crippen LogP contribution in [0, 0.1) is 0 Å². The maximum atomic E-state index is 13.4. The molecular weight excluding hydrogens is 454 g/mol. The summed E-state index contributed by atoms with van der Waals surface area (Å²) in [6.45, 7) is 0.944. The summed E-state index contributed by atoms with van der Waals surface area (Å²) < 4.78 is 32.3. The third-order valence-corrected chi connectivity index (χ3v) is 7.62. The van der Waals surface area contributed by atoms with Gasteiger partial charge in [0.2, 0.25) is 15.9 Å². The van der Waals surface area contributed by atoms with E-state index in [0.29, 0.717) is 6.42 Å². The van der Waals surface area contributed by atoms with Crippen LogP contribution in [0.3, 0.4) is 0 Å². The molecule has 1 aliphatic rings. The van der Waals surface area contributed by atoms with Crippen molar-refractivity contribution in [1.82, 2.24) is 14.5 Å². The molecule has 1 saturated heterocycles. The molecule has 3 aromatic rings. The zero-order valence-corrected chi connectivity index (χ0v) is 19.5. The molecule has 0 aliphatic carbocycles. The molecule has 4 rings (SSSR count). The molecule has 0 unspecified atom stereocenters. The summed E-state index contributed by atoms with van der Waals surface area (Å²) in [4.78, 5) is 27.6. The third kappa shape index (κ3) is 5.92. The number of amides is 2. The van der Waals surface area contributed by atoms with E-state index in [4.69, 9.17) is 4.42 Å². The Morgan fingerprint density at radius 1 is 0.853 bits per heavy atom. The fourth-order valence-corrected chi connectivity index (χ4v) is 5.49. The molecule has 1 aromatic heterocycles. The first-order valence-electron chi connectivity index (χ1n) is 11.1. The highest BCUT2D eigenvalue weighted by Crippen LogP contribution is 2.15. The molecule has 34 heavy (non-hydrogen) atoms. The first-order valence-corrected chi connectivity index (χ1v) is 12.7. The predicted molar refractivity (Wildman–Crippen MR) is 127 cm³/mol. The van der Waals surface area contributed by atoms with Crippen molar-refractivity contribution >= 4 is 21.8 Å². The number of furan rings is 1. The highest BCUT2D eigenvalue weighted by molar-refractivity contribution is 7.88. The number of piperazine rings is 1. The van der Waals surface area contributed by atoms with Crippen LogP contribution in [0.5, 0.6) is 0 Å². The van der Waals surface area contributed by atoms with Crippen LogP contribution in [0.4, 0.5) is 0 Å². The molecule has 0 spiro atoms. The van der Waals surface area contributed by atoms with Crippen LogP contribution in [0.1, 0.15) is 21.7 Å². The first kappa shape index (κ1) is 23.7. The van der Waals surface area contributed by atoms with Crippen molar-refractivity contribution in [2.24, 2.45) is 0 Å². The minimum Gasteiger partial charge on any atom is -0.459 e. The van der Waals surface area contributed by atoms with E-state index in [0.717, 1.165) is 11.1 Å². The Kier molecular flexibility index (Phi) is 7.44. The Bertz CT molecular complexity index is 1190. The van der Waals surface area contributed by atoms with Gasteiger partial charge in [0.15, 0.2) is 5.76 Å². The van der Waals surface area contributed by atoms with Gasteiger partial charge in [-0.2, -0.15) is 4.31 Å². The Morgan fingerprint density at radius 2 is 1.47 bits per heavy atom. The molecule has 2 amide bonds. The lowest BCUT2D eigenvalue weighted by Gasteiger charge is -2.36. The number of benzene rings is 2. The minimum absolute atomic E-state index is 0.0718. The van der Waals surface area contributed by atoms with Crippen LogP contribution < -0.4 is 5.32 Å². The van der Waals surface area contributed by atoms with Crippen LogP contribution >= 0.6 is 0 Å². The van der Waals surface area contributed by atoms with Gasteiger partial charge in [-0.3, -0.25) is 9.59 Å². The fraction of sp³-hybridized carbons (Fsp3) is 0.280. The second kappa shape index (κ2) is 10.7. The van der Waals surface area contributed by atoms with Crippen LogP contribution in [0.15, 0.2) is 83.5 Å². The quantitative estimate of drug-likeness (QED) is 0.532. The van der Waals surface area contributed by atoms with Crippen molar-refractivity contribution in [2.45, 2.75) is 18.2 Å². The smallest absolute Gasteiger partial charge is 0.287 e. The third-order valence-electron chi connectivity index (χ3n) is 5.77. The molecule has 2 aromatic carbocycles. The maximum Gasteiger partial charge on any atom is 0.287 e. The molecule has 1 atom stereocenters. The number of hydrogen-bond acceptors (Lipinski definition) is 5. The number of rotatable bonds is 8. The highest BCUT2D eigenvalue weighted by Gasteiger charge is 2.33. The minimum atomic E-state index is -3.49. The number of carbonyl (C=O) groups excluding carboxylic acids is 2. The average Bonchev–Trinajstić information content (AvgIpc) is 3.40. The van der Waals surface area contributed by atoms with E-state index in [1.165, 1.54) is 16.6 Å². The van der Waals surface area contributed by atoms with Crippen LogP contribution in [0.2, 0.25) is 0 Å². The Balaban J connectivity index is 1.42. The van der Waals surface area contributed by atoms with Gasteiger partial charge < -0.3 is 14.6 Å². The Hall–Kier alpha value is -3.43. The van der Waals surface area contributed by atoms with Crippen LogP contribution in [0.25, 0.3) is 0 Å². The van der Waals surface area contributed by atoms with Gasteiger partial charge in [-0.05, 0) is 23.3 Å². The Labute approximate surface area is 199 Å². The van der Waals surface area contributed by atoms with Gasteiger partial charge in [0.1, 0.15) is 6.04 Å². The van der Waals surface area contributed by atoms with E-state index in [9.17, 15) is 18.0 Å². The lowest BCUT2D eigenvalue weighted by atomic mass is 10.0. The monoisotopic (exact) mass is 481 g/mol. The lowest BCUT2D eigenvalue weighted by Crippen LogP contribution is -2.56. The summed E-state index contributed by atoms with van der Waals surface area (Å²) in [6.07, 6.45) is 1.72. The lowest BCUT2D eigenvalue weighted by molar-refractivity contribution is -0.134. The van der Waals surface area contributed by atoms with Crippen LogP contribution in [-0.2, 0) is 27.0 Å². The van der Waals surface area contributed by atoms with Gasteiger partial charge in [-0.25, -0.2) is 8.42 Å². The summed E-state index contributed by atoms with van der Waals surface area (Å²) >= 11 is 0. The predicted octanol–water partition coefficient (Wildman–Crippen LogP) is 2.29. The topological polar surface area (TPSA) is 99.9 Å². The molecule has 1 aliphatic heterocycles. The van der Waals surface area contributed by atoms with Gasteiger partial charge in [0, 0.05) is 32.6 Å². The van der Waals surface area contributed by atoms with Gasteiger partial charge in [-0.1, -0.05) is 60.7 Å². The summed E-state index contributed by atoms with van der Waals surface area (Å²) in [5, 5.41) is 2.78. The number of nitrogens with one attached hydrogen (secondary N) is 1. The second-order valence-electron chi connectivity index (χ2n) is 8.16. The number of sulfonamides is 1. The van der Waals surface area contributed by atoms with Gasteiger partial charge in [0.25, 0.3) is 5.91 Å². The van der Waals surface area contributed by atoms with Gasteiger partial charge >= 0.3 is 0 Å². The molecule has 1 fully saturated rings. The normalized spacial score (nSPS) is 15.6.